The number of hydrogen-bond donors (Lipinski definition) is 2. The summed E-state index contributed by atoms with van der Waals surface area (Å²) in [5.41, 5.74) is 0.308. The monoisotopic (exact) mass is 577 g/mol. The van der Waals surface area contributed by atoms with Crippen LogP contribution in [0, 0.1) is 11.8 Å². The van der Waals surface area contributed by atoms with E-state index in [4.69, 9.17) is 21.1 Å². The maximum atomic E-state index is 14.2. The third-order valence-electron chi connectivity index (χ3n) is 8.89. The van der Waals surface area contributed by atoms with Gasteiger partial charge >= 0.3 is 0 Å². The first kappa shape index (κ1) is 27.8. The van der Waals surface area contributed by atoms with Crippen LogP contribution in [0.25, 0.3) is 0 Å². The van der Waals surface area contributed by atoms with E-state index in [0.717, 1.165) is 31.2 Å². The van der Waals surface area contributed by atoms with Crippen molar-refractivity contribution in [2.24, 2.45) is 11.8 Å². The van der Waals surface area contributed by atoms with Gasteiger partial charge in [0, 0.05) is 23.3 Å². The van der Waals surface area contributed by atoms with Crippen molar-refractivity contribution in [3.8, 4) is 5.75 Å². The standard InChI is InChI=1S/C32H36ClN3O5/c1-2-40-23-14-12-22(13-15-23)34-29(37)26-25-16-18-32(41-25)27(26)31(39)36(19-17-20-8-6-7-11-24(20)33)28(32)30(38)35-21-9-4-3-5-10-21/h6-8,11-16,18,21,25-28H,2-5,9-10,17,19H2,1H3,(H,34,37)(H,35,38)/t25-,26+,27-,28-,32-/m1/s1. The summed E-state index contributed by atoms with van der Waals surface area (Å²) in [7, 11) is 0. The molecule has 1 spiro atoms. The molecule has 3 aliphatic heterocycles. The van der Waals surface area contributed by atoms with Gasteiger partial charge in [-0.2, -0.15) is 0 Å². The number of rotatable bonds is 9. The Labute approximate surface area is 245 Å². The van der Waals surface area contributed by atoms with Crippen LogP contribution in [0.1, 0.15) is 44.6 Å². The van der Waals surface area contributed by atoms with Crippen LogP contribution in [0.4, 0.5) is 5.69 Å². The molecular weight excluding hydrogens is 542 g/mol. The molecule has 0 aromatic heterocycles. The van der Waals surface area contributed by atoms with Crippen LogP contribution in [-0.4, -0.2) is 59.6 Å². The molecule has 2 N–H and O–H groups in total. The third-order valence-corrected chi connectivity index (χ3v) is 9.26. The molecule has 2 aromatic carbocycles. The number of amides is 3. The molecule has 41 heavy (non-hydrogen) atoms. The Balaban J connectivity index is 1.27. The summed E-state index contributed by atoms with van der Waals surface area (Å²) in [5.74, 6) is -1.60. The molecule has 1 aliphatic carbocycles. The molecule has 2 aromatic rings. The lowest BCUT2D eigenvalue weighted by atomic mass is 9.74. The molecule has 3 fully saturated rings. The zero-order valence-corrected chi connectivity index (χ0v) is 23.9. The van der Waals surface area contributed by atoms with Gasteiger partial charge in [0.05, 0.1) is 24.5 Å². The summed E-state index contributed by atoms with van der Waals surface area (Å²) in [6, 6.07) is 13.9. The summed E-state index contributed by atoms with van der Waals surface area (Å²) in [6.45, 7) is 2.75. The summed E-state index contributed by atoms with van der Waals surface area (Å²) < 4.78 is 12.0. The number of carbonyl (C=O) groups excluding carboxylic acids is 3. The predicted molar refractivity (Wildman–Crippen MR) is 156 cm³/mol. The molecule has 3 amide bonds. The lowest BCUT2D eigenvalue weighted by Crippen LogP contribution is -2.56. The zero-order valence-electron chi connectivity index (χ0n) is 23.2. The van der Waals surface area contributed by atoms with Crippen LogP contribution in [-0.2, 0) is 25.5 Å². The number of nitrogens with zero attached hydrogens (tertiary/aromatic N) is 1. The van der Waals surface area contributed by atoms with E-state index >= 15 is 0 Å². The van der Waals surface area contributed by atoms with Gasteiger partial charge in [-0.15, -0.1) is 0 Å². The second-order valence-corrected chi connectivity index (χ2v) is 11.8. The smallest absolute Gasteiger partial charge is 0.246 e. The Morgan fingerprint density at radius 2 is 1.83 bits per heavy atom. The molecule has 2 saturated heterocycles. The molecular formula is C32H36ClN3O5. The first-order valence-electron chi connectivity index (χ1n) is 14.7. The van der Waals surface area contributed by atoms with Gasteiger partial charge in [0.15, 0.2) is 0 Å². The molecule has 216 valence electrons. The predicted octanol–water partition coefficient (Wildman–Crippen LogP) is 4.52. The summed E-state index contributed by atoms with van der Waals surface area (Å²) >= 11 is 6.42. The van der Waals surface area contributed by atoms with Crippen molar-refractivity contribution in [2.75, 3.05) is 18.5 Å². The zero-order chi connectivity index (χ0) is 28.6. The van der Waals surface area contributed by atoms with Crippen molar-refractivity contribution in [3.63, 3.8) is 0 Å². The van der Waals surface area contributed by atoms with Crippen molar-refractivity contribution in [1.29, 1.82) is 0 Å². The van der Waals surface area contributed by atoms with Gasteiger partial charge in [0.25, 0.3) is 0 Å². The van der Waals surface area contributed by atoms with Gasteiger partial charge in [-0.3, -0.25) is 14.4 Å². The highest BCUT2D eigenvalue weighted by Crippen LogP contribution is 2.55. The summed E-state index contributed by atoms with van der Waals surface area (Å²) in [5, 5.41) is 6.80. The molecule has 9 heteroatoms. The number of fused-ring (bicyclic) bond motifs is 1. The van der Waals surface area contributed by atoms with Gasteiger partial charge in [0.1, 0.15) is 17.4 Å². The number of anilines is 1. The van der Waals surface area contributed by atoms with E-state index in [1.807, 2.05) is 43.3 Å². The molecule has 0 unspecified atom stereocenters. The van der Waals surface area contributed by atoms with Gasteiger partial charge in [-0.25, -0.2) is 0 Å². The Morgan fingerprint density at radius 1 is 1.07 bits per heavy atom. The van der Waals surface area contributed by atoms with Crippen LogP contribution in [0.2, 0.25) is 5.02 Å². The lowest BCUT2D eigenvalue weighted by molar-refractivity contribution is -0.141. The number of ether oxygens (including phenoxy) is 2. The quantitative estimate of drug-likeness (QED) is 0.427. The highest BCUT2D eigenvalue weighted by molar-refractivity contribution is 6.31. The second kappa shape index (κ2) is 11.5. The molecule has 6 rings (SSSR count). The van der Waals surface area contributed by atoms with E-state index in [1.165, 1.54) is 6.42 Å². The lowest BCUT2D eigenvalue weighted by Gasteiger charge is -2.34. The van der Waals surface area contributed by atoms with Crippen LogP contribution < -0.4 is 15.4 Å². The van der Waals surface area contributed by atoms with Gasteiger partial charge in [0.2, 0.25) is 17.7 Å². The Kier molecular flexibility index (Phi) is 7.79. The average molecular weight is 578 g/mol. The topological polar surface area (TPSA) is 97.0 Å². The SMILES string of the molecule is CCOc1ccc(NC(=O)[C@H]2[C@H]3C=C[C@@]4(O3)[C@H]2C(=O)N(CCc2ccccc2Cl)[C@@H]4C(=O)NC2CCCCC2)cc1. The molecule has 3 heterocycles. The number of carbonyl (C=O) groups is 3. The number of halogens is 1. The molecule has 4 aliphatic rings. The van der Waals surface area contributed by atoms with Crippen molar-refractivity contribution in [3.05, 3.63) is 71.3 Å². The van der Waals surface area contributed by atoms with Crippen LogP contribution >= 0.6 is 11.6 Å². The Bertz CT molecular complexity index is 1340. The van der Waals surface area contributed by atoms with Gasteiger partial charge in [-0.05, 0) is 62.1 Å². The second-order valence-electron chi connectivity index (χ2n) is 11.4. The normalized spacial score (nSPS) is 28.5. The highest BCUT2D eigenvalue weighted by atomic mass is 35.5. The van der Waals surface area contributed by atoms with Crippen molar-refractivity contribution < 1.29 is 23.9 Å². The number of hydrogen-bond acceptors (Lipinski definition) is 5. The minimum Gasteiger partial charge on any atom is -0.494 e. The van der Waals surface area contributed by atoms with Gasteiger partial charge in [-0.1, -0.05) is 61.2 Å². The van der Waals surface area contributed by atoms with E-state index in [2.05, 4.69) is 10.6 Å². The summed E-state index contributed by atoms with van der Waals surface area (Å²) in [4.78, 5) is 43.4. The third kappa shape index (κ3) is 5.12. The molecule has 2 bridgehead atoms. The first-order valence-corrected chi connectivity index (χ1v) is 15.0. The van der Waals surface area contributed by atoms with Gasteiger partial charge < -0.3 is 25.0 Å². The fraction of sp³-hybridized carbons (Fsp3) is 0.469. The molecule has 1 saturated carbocycles. The number of likely N-dealkylation sites (tertiary alicyclic amines) is 1. The fourth-order valence-electron chi connectivity index (χ4n) is 7.00. The minimum absolute atomic E-state index is 0.0774. The van der Waals surface area contributed by atoms with Crippen LogP contribution in [0.15, 0.2) is 60.7 Å². The molecule has 0 radical (unpaired) electrons. The summed E-state index contributed by atoms with van der Waals surface area (Å²) in [6.07, 6.45) is 8.76. The highest BCUT2D eigenvalue weighted by Gasteiger charge is 2.72. The number of nitrogens with one attached hydrogen (secondary N) is 2. The number of benzene rings is 2. The minimum atomic E-state index is -1.19. The van der Waals surface area contributed by atoms with E-state index in [1.54, 1.807) is 29.2 Å². The van der Waals surface area contributed by atoms with Crippen LogP contribution in [0.5, 0.6) is 5.75 Å². The largest absolute Gasteiger partial charge is 0.494 e. The molecule has 5 atom stereocenters. The Hall–Kier alpha value is -3.36. The van der Waals surface area contributed by atoms with E-state index in [9.17, 15) is 14.4 Å². The van der Waals surface area contributed by atoms with E-state index in [-0.39, 0.29) is 23.8 Å². The average Bonchev–Trinajstić information content (AvgIpc) is 3.61. The molecule has 8 nitrogen and oxygen atoms in total. The van der Waals surface area contributed by atoms with Crippen molar-refractivity contribution in [1.82, 2.24) is 10.2 Å². The Morgan fingerprint density at radius 3 is 2.56 bits per heavy atom. The van der Waals surface area contributed by atoms with E-state index < -0.39 is 29.6 Å². The maximum Gasteiger partial charge on any atom is 0.246 e. The van der Waals surface area contributed by atoms with Crippen molar-refractivity contribution >= 4 is 35.0 Å². The van der Waals surface area contributed by atoms with Crippen LogP contribution in [0.3, 0.4) is 0 Å². The fourth-order valence-corrected chi connectivity index (χ4v) is 7.23. The maximum absolute atomic E-state index is 14.2. The van der Waals surface area contributed by atoms with Crippen molar-refractivity contribution in [2.45, 2.75) is 69.2 Å². The first-order chi connectivity index (χ1) is 19.9. The van der Waals surface area contributed by atoms with E-state index in [0.29, 0.717) is 36.0 Å².